The number of anilines is 1. The molecule has 0 unspecified atom stereocenters. The van der Waals surface area contributed by atoms with Crippen molar-refractivity contribution in [2.45, 2.75) is 10.6 Å². The molecule has 1 aromatic carbocycles. The van der Waals surface area contributed by atoms with Crippen molar-refractivity contribution < 1.29 is 4.74 Å². The fourth-order valence-electron chi connectivity index (χ4n) is 1.49. The molecule has 0 saturated heterocycles. The van der Waals surface area contributed by atoms with Crippen LogP contribution in [-0.4, -0.2) is 12.1 Å². The van der Waals surface area contributed by atoms with Gasteiger partial charge in [-0.3, -0.25) is 0 Å². The number of thioether (sulfide) groups is 1. The van der Waals surface area contributed by atoms with Crippen molar-refractivity contribution >= 4 is 17.6 Å². The molecule has 2 rings (SSSR count). The Bertz CT molecular complexity index is 472. The van der Waals surface area contributed by atoms with E-state index in [1.165, 1.54) is 0 Å². The topological polar surface area (TPSA) is 60.2 Å². The number of pyridine rings is 1. The van der Waals surface area contributed by atoms with Gasteiger partial charge in [-0.25, -0.2) is 10.8 Å². The molecule has 0 bridgehead atoms. The standard InChI is InChI=1S/C13H15N3OS/c1-17-11-5-3-6-12(8-11)18-9-10-4-2-7-13(15-10)16-14/h2-8H,9,14H2,1H3,(H,15,16). The second-order valence-corrected chi connectivity index (χ2v) is 4.67. The molecule has 1 heterocycles. The van der Waals surface area contributed by atoms with Crippen molar-refractivity contribution in [2.75, 3.05) is 12.5 Å². The number of nitrogen functional groups attached to an aromatic ring is 1. The largest absolute Gasteiger partial charge is 0.497 e. The Labute approximate surface area is 111 Å². The van der Waals surface area contributed by atoms with E-state index in [2.05, 4.69) is 16.5 Å². The molecule has 0 amide bonds. The van der Waals surface area contributed by atoms with Gasteiger partial charge in [-0.05, 0) is 30.3 Å². The highest BCUT2D eigenvalue weighted by molar-refractivity contribution is 7.98. The number of ether oxygens (including phenoxy) is 1. The monoisotopic (exact) mass is 261 g/mol. The van der Waals surface area contributed by atoms with E-state index in [1.54, 1.807) is 18.9 Å². The highest BCUT2D eigenvalue weighted by Gasteiger charge is 2.00. The normalized spacial score (nSPS) is 10.1. The smallest absolute Gasteiger partial charge is 0.140 e. The van der Waals surface area contributed by atoms with Crippen molar-refractivity contribution in [2.24, 2.45) is 5.84 Å². The summed E-state index contributed by atoms with van der Waals surface area (Å²) in [7, 11) is 1.67. The number of hydrogen-bond acceptors (Lipinski definition) is 5. The molecular formula is C13H15N3OS. The summed E-state index contributed by atoms with van der Waals surface area (Å²) >= 11 is 1.71. The molecule has 0 radical (unpaired) electrons. The molecule has 1 aromatic heterocycles. The number of nitrogens with zero attached hydrogens (tertiary/aromatic N) is 1. The fraction of sp³-hybridized carbons (Fsp3) is 0.154. The highest BCUT2D eigenvalue weighted by atomic mass is 32.2. The quantitative estimate of drug-likeness (QED) is 0.492. The Balaban J connectivity index is 2.01. The van der Waals surface area contributed by atoms with Crippen LogP contribution in [0.2, 0.25) is 0 Å². The van der Waals surface area contributed by atoms with Gasteiger partial charge in [-0.1, -0.05) is 12.1 Å². The minimum absolute atomic E-state index is 0.679. The third-order valence-electron chi connectivity index (χ3n) is 2.38. The molecule has 0 aliphatic rings. The minimum Gasteiger partial charge on any atom is -0.497 e. The fourth-order valence-corrected chi connectivity index (χ4v) is 2.34. The summed E-state index contributed by atoms with van der Waals surface area (Å²) in [5.41, 5.74) is 3.53. The predicted octanol–water partition coefficient (Wildman–Crippen LogP) is 2.67. The van der Waals surface area contributed by atoms with Gasteiger partial charge in [-0.2, -0.15) is 0 Å². The summed E-state index contributed by atoms with van der Waals surface area (Å²) in [5, 5.41) is 0. The van der Waals surface area contributed by atoms with E-state index in [4.69, 9.17) is 10.6 Å². The summed E-state index contributed by atoms with van der Waals surface area (Å²) in [6.45, 7) is 0. The lowest BCUT2D eigenvalue weighted by atomic mass is 10.3. The molecule has 2 aromatic rings. The van der Waals surface area contributed by atoms with Gasteiger partial charge in [0.1, 0.15) is 11.6 Å². The summed E-state index contributed by atoms with van der Waals surface area (Å²) in [4.78, 5) is 5.52. The average molecular weight is 261 g/mol. The van der Waals surface area contributed by atoms with E-state index >= 15 is 0 Å². The number of benzene rings is 1. The SMILES string of the molecule is COc1cccc(SCc2cccc(NN)n2)c1. The van der Waals surface area contributed by atoms with Crippen LogP contribution in [0.4, 0.5) is 5.82 Å². The molecule has 18 heavy (non-hydrogen) atoms. The summed E-state index contributed by atoms with van der Waals surface area (Å²) < 4.78 is 5.19. The zero-order valence-electron chi connectivity index (χ0n) is 10.1. The van der Waals surface area contributed by atoms with E-state index < -0.39 is 0 Å². The van der Waals surface area contributed by atoms with Crippen LogP contribution in [0, 0.1) is 0 Å². The van der Waals surface area contributed by atoms with Crippen LogP contribution in [-0.2, 0) is 5.75 Å². The number of nitrogens with one attached hydrogen (secondary N) is 1. The number of methoxy groups -OCH3 is 1. The van der Waals surface area contributed by atoms with Crippen molar-refractivity contribution in [3.63, 3.8) is 0 Å². The van der Waals surface area contributed by atoms with Crippen LogP contribution in [0.25, 0.3) is 0 Å². The maximum Gasteiger partial charge on any atom is 0.140 e. The van der Waals surface area contributed by atoms with Gasteiger partial charge < -0.3 is 10.2 Å². The third kappa shape index (κ3) is 3.38. The zero-order valence-corrected chi connectivity index (χ0v) is 10.9. The molecule has 3 N–H and O–H groups in total. The average Bonchev–Trinajstić information content (AvgIpc) is 2.45. The van der Waals surface area contributed by atoms with Gasteiger partial charge in [0.05, 0.1) is 12.8 Å². The van der Waals surface area contributed by atoms with E-state index in [1.807, 2.05) is 36.4 Å². The first-order valence-electron chi connectivity index (χ1n) is 5.51. The van der Waals surface area contributed by atoms with Gasteiger partial charge in [-0.15, -0.1) is 11.8 Å². The van der Waals surface area contributed by atoms with Gasteiger partial charge in [0.25, 0.3) is 0 Å². The number of hydrogen-bond donors (Lipinski definition) is 2. The second kappa shape index (κ2) is 6.28. The van der Waals surface area contributed by atoms with Crippen LogP contribution in [0.3, 0.4) is 0 Å². The van der Waals surface area contributed by atoms with Crippen molar-refractivity contribution in [3.8, 4) is 5.75 Å². The first-order chi connectivity index (χ1) is 8.81. The van der Waals surface area contributed by atoms with E-state index in [0.29, 0.717) is 5.82 Å². The molecular weight excluding hydrogens is 246 g/mol. The summed E-state index contributed by atoms with van der Waals surface area (Å²) in [6.07, 6.45) is 0. The molecule has 4 nitrogen and oxygen atoms in total. The number of nitrogens with two attached hydrogens (primary N) is 1. The first-order valence-corrected chi connectivity index (χ1v) is 6.50. The molecule has 0 spiro atoms. The van der Waals surface area contributed by atoms with Gasteiger partial charge in [0, 0.05) is 10.6 Å². The van der Waals surface area contributed by atoms with Crippen LogP contribution >= 0.6 is 11.8 Å². The molecule has 0 aliphatic carbocycles. The van der Waals surface area contributed by atoms with Gasteiger partial charge in [0.2, 0.25) is 0 Å². The van der Waals surface area contributed by atoms with Crippen LogP contribution in [0.5, 0.6) is 5.75 Å². The van der Waals surface area contributed by atoms with E-state index in [0.717, 1.165) is 22.1 Å². The van der Waals surface area contributed by atoms with Crippen molar-refractivity contribution in [3.05, 3.63) is 48.2 Å². The lowest BCUT2D eigenvalue weighted by molar-refractivity contribution is 0.413. The van der Waals surface area contributed by atoms with Crippen LogP contribution < -0.4 is 16.0 Å². The Morgan fingerprint density at radius 1 is 1.28 bits per heavy atom. The van der Waals surface area contributed by atoms with Crippen LogP contribution in [0.1, 0.15) is 5.69 Å². The number of aromatic nitrogens is 1. The first kappa shape index (κ1) is 12.7. The molecule has 0 atom stereocenters. The van der Waals surface area contributed by atoms with E-state index in [-0.39, 0.29) is 0 Å². The lowest BCUT2D eigenvalue weighted by Gasteiger charge is -2.05. The summed E-state index contributed by atoms with van der Waals surface area (Å²) in [6, 6.07) is 13.7. The third-order valence-corrected chi connectivity index (χ3v) is 3.41. The minimum atomic E-state index is 0.679. The maximum atomic E-state index is 5.33. The number of rotatable bonds is 5. The molecule has 0 saturated carbocycles. The molecule has 0 aliphatic heterocycles. The predicted molar refractivity (Wildman–Crippen MR) is 74.6 cm³/mol. The Morgan fingerprint density at radius 2 is 2.11 bits per heavy atom. The lowest BCUT2D eigenvalue weighted by Crippen LogP contribution is -2.08. The molecule has 5 heteroatoms. The van der Waals surface area contributed by atoms with Crippen molar-refractivity contribution in [1.82, 2.24) is 4.98 Å². The highest BCUT2D eigenvalue weighted by Crippen LogP contribution is 2.25. The van der Waals surface area contributed by atoms with Gasteiger partial charge >= 0.3 is 0 Å². The Kier molecular flexibility index (Phi) is 4.44. The van der Waals surface area contributed by atoms with E-state index in [9.17, 15) is 0 Å². The van der Waals surface area contributed by atoms with Crippen molar-refractivity contribution in [1.29, 1.82) is 0 Å². The Morgan fingerprint density at radius 3 is 2.89 bits per heavy atom. The van der Waals surface area contributed by atoms with Gasteiger partial charge in [0.15, 0.2) is 0 Å². The molecule has 0 fully saturated rings. The van der Waals surface area contributed by atoms with Crippen LogP contribution in [0.15, 0.2) is 47.4 Å². The second-order valence-electron chi connectivity index (χ2n) is 3.63. The zero-order chi connectivity index (χ0) is 12.8. The summed E-state index contributed by atoms with van der Waals surface area (Å²) in [5.74, 6) is 7.67. The molecule has 94 valence electrons. The Hall–Kier alpha value is -1.72. The number of hydrazine groups is 1. The maximum absolute atomic E-state index is 5.33.